The largest absolute Gasteiger partial charge is 0.493 e. The average Bonchev–Trinajstić information content (AvgIpc) is 2.50. The summed E-state index contributed by atoms with van der Waals surface area (Å²) in [7, 11) is 2.82. The number of benzene rings is 1. The predicted molar refractivity (Wildman–Crippen MR) is 82.8 cm³/mol. The van der Waals surface area contributed by atoms with Crippen LogP contribution in [0.1, 0.15) is 19.4 Å². The van der Waals surface area contributed by atoms with E-state index in [2.05, 4.69) is 10.1 Å². The number of hydrogen-bond donors (Lipinski definition) is 1. The summed E-state index contributed by atoms with van der Waals surface area (Å²) in [6.45, 7) is 3.70. The summed E-state index contributed by atoms with van der Waals surface area (Å²) in [6, 6.07) is 5.36. The maximum Gasteiger partial charge on any atom is 0.325 e. The molecule has 0 spiro atoms. The molecule has 0 fully saturated rings. The summed E-state index contributed by atoms with van der Waals surface area (Å²) in [6.07, 6.45) is 2.99. The molecule has 0 saturated heterocycles. The van der Waals surface area contributed by atoms with Crippen LogP contribution in [-0.2, 0) is 14.3 Å². The van der Waals surface area contributed by atoms with E-state index >= 15 is 0 Å². The van der Waals surface area contributed by atoms with Gasteiger partial charge < -0.3 is 19.5 Å². The maximum atomic E-state index is 11.5. The number of rotatable bonds is 7. The first kappa shape index (κ1) is 17.6. The molecule has 0 bridgehead atoms. The van der Waals surface area contributed by atoms with E-state index in [0.29, 0.717) is 11.5 Å². The Labute approximate surface area is 130 Å². The zero-order valence-electron chi connectivity index (χ0n) is 13.2. The number of carbonyl (C=O) groups excluding carboxylic acids is 2. The number of hydrogen-bond acceptors (Lipinski definition) is 5. The Balaban J connectivity index is 2.71. The topological polar surface area (TPSA) is 73.9 Å². The molecule has 1 rings (SSSR count). The van der Waals surface area contributed by atoms with Crippen LogP contribution in [0.25, 0.3) is 6.08 Å². The number of nitrogens with one attached hydrogen (secondary N) is 1. The Morgan fingerprint density at radius 2 is 1.95 bits per heavy atom. The molecule has 0 aliphatic heterocycles. The quantitative estimate of drug-likeness (QED) is 0.614. The van der Waals surface area contributed by atoms with Crippen molar-refractivity contribution < 1.29 is 23.8 Å². The third-order valence-corrected chi connectivity index (χ3v) is 2.61. The molecule has 1 aromatic carbocycles. The number of amides is 1. The SMILES string of the molecule is COC(=O)CNC(=O)C=Cc1ccc(OC(C)C)c(OC)c1. The average molecular weight is 307 g/mol. The van der Waals surface area contributed by atoms with Crippen molar-refractivity contribution >= 4 is 18.0 Å². The molecule has 6 heteroatoms. The third kappa shape index (κ3) is 5.87. The number of carbonyl (C=O) groups is 2. The van der Waals surface area contributed by atoms with Crippen LogP contribution in [0.4, 0.5) is 0 Å². The van der Waals surface area contributed by atoms with Crippen LogP contribution >= 0.6 is 0 Å². The molecule has 120 valence electrons. The second kappa shape index (κ2) is 8.71. The van der Waals surface area contributed by atoms with Gasteiger partial charge in [-0.15, -0.1) is 0 Å². The first-order valence-electron chi connectivity index (χ1n) is 6.83. The first-order valence-corrected chi connectivity index (χ1v) is 6.83. The lowest BCUT2D eigenvalue weighted by molar-refractivity contribution is -0.140. The molecule has 0 aromatic heterocycles. The van der Waals surface area contributed by atoms with E-state index in [0.717, 1.165) is 5.56 Å². The minimum Gasteiger partial charge on any atom is -0.493 e. The second-order valence-electron chi connectivity index (χ2n) is 4.70. The van der Waals surface area contributed by atoms with Crippen molar-refractivity contribution in [2.45, 2.75) is 20.0 Å². The van der Waals surface area contributed by atoms with E-state index in [1.807, 2.05) is 19.9 Å². The minimum atomic E-state index is -0.501. The van der Waals surface area contributed by atoms with Crippen molar-refractivity contribution in [3.63, 3.8) is 0 Å². The van der Waals surface area contributed by atoms with Crippen molar-refractivity contribution in [1.82, 2.24) is 5.32 Å². The predicted octanol–water partition coefficient (Wildman–Crippen LogP) is 1.78. The molecular weight excluding hydrogens is 286 g/mol. The van der Waals surface area contributed by atoms with Crippen LogP contribution in [0, 0.1) is 0 Å². The molecule has 0 aliphatic carbocycles. The fourth-order valence-corrected chi connectivity index (χ4v) is 1.60. The van der Waals surface area contributed by atoms with Crippen LogP contribution < -0.4 is 14.8 Å². The zero-order chi connectivity index (χ0) is 16.5. The summed E-state index contributed by atoms with van der Waals surface area (Å²) in [5, 5.41) is 2.41. The molecule has 1 N–H and O–H groups in total. The minimum absolute atomic E-state index is 0.0411. The van der Waals surface area contributed by atoms with Crippen LogP contribution in [0.2, 0.25) is 0 Å². The highest BCUT2D eigenvalue weighted by atomic mass is 16.5. The van der Waals surface area contributed by atoms with Gasteiger partial charge in [0.15, 0.2) is 11.5 Å². The summed E-state index contributed by atoms with van der Waals surface area (Å²) < 4.78 is 15.3. The number of esters is 1. The normalized spacial score (nSPS) is 10.6. The Morgan fingerprint density at radius 1 is 1.23 bits per heavy atom. The number of ether oxygens (including phenoxy) is 3. The standard InChI is InChI=1S/C16H21NO5/c1-11(2)22-13-7-5-12(9-14(13)20-3)6-8-15(18)17-10-16(19)21-4/h5-9,11H,10H2,1-4H3,(H,17,18). The molecule has 22 heavy (non-hydrogen) atoms. The molecule has 0 heterocycles. The van der Waals surface area contributed by atoms with E-state index in [-0.39, 0.29) is 18.6 Å². The van der Waals surface area contributed by atoms with Gasteiger partial charge in [0.2, 0.25) is 5.91 Å². The van der Waals surface area contributed by atoms with Crippen LogP contribution in [0.5, 0.6) is 11.5 Å². The van der Waals surface area contributed by atoms with Crippen molar-refractivity contribution in [3.05, 3.63) is 29.8 Å². The Hall–Kier alpha value is -2.50. The molecule has 0 aliphatic rings. The highest BCUT2D eigenvalue weighted by Gasteiger charge is 2.07. The van der Waals surface area contributed by atoms with Gasteiger partial charge in [0.1, 0.15) is 6.54 Å². The molecule has 0 unspecified atom stereocenters. The van der Waals surface area contributed by atoms with Gasteiger partial charge in [0.25, 0.3) is 0 Å². The molecule has 1 aromatic rings. The van der Waals surface area contributed by atoms with Crippen molar-refractivity contribution in [2.75, 3.05) is 20.8 Å². The maximum absolute atomic E-state index is 11.5. The van der Waals surface area contributed by atoms with Gasteiger partial charge in [0.05, 0.1) is 20.3 Å². The lowest BCUT2D eigenvalue weighted by Crippen LogP contribution is -2.28. The lowest BCUT2D eigenvalue weighted by Gasteiger charge is -2.13. The molecule has 1 amide bonds. The summed E-state index contributed by atoms with van der Waals surface area (Å²) >= 11 is 0. The van der Waals surface area contributed by atoms with E-state index < -0.39 is 5.97 Å². The summed E-state index contributed by atoms with van der Waals surface area (Å²) in [4.78, 5) is 22.5. The van der Waals surface area contributed by atoms with Gasteiger partial charge in [-0.3, -0.25) is 9.59 Å². The highest BCUT2D eigenvalue weighted by Crippen LogP contribution is 2.29. The highest BCUT2D eigenvalue weighted by molar-refractivity contribution is 5.93. The fourth-order valence-electron chi connectivity index (χ4n) is 1.60. The van der Waals surface area contributed by atoms with Gasteiger partial charge in [-0.05, 0) is 37.6 Å². The second-order valence-corrected chi connectivity index (χ2v) is 4.70. The van der Waals surface area contributed by atoms with E-state index in [9.17, 15) is 9.59 Å². The van der Waals surface area contributed by atoms with Crippen LogP contribution in [0.3, 0.4) is 0 Å². The van der Waals surface area contributed by atoms with Gasteiger partial charge >= 0.3 is 5.97 Å². The third-order valence-electron chi connectivity index (χ3n) is 2.61. The van der Waals surface area contributed by atoms with E-state index in [4.69, 9.17) is 9.47 Å². The first-order chi connectivity index (χ1) is 10.5. The molecule has 6 nitrogen and oxygen atoms in total. The lowest BCUT2D eigenvalue weighted by atomic mass is 10.2. The van der Waals surface area contributed by atoms with Crippen molar-refractivity contribution in [3.8, 4) is 11.5 Å². The van der Waals surface area contributed by atoms with Crippen molar-refractivity contribution in [1.29, 1.82) is 0 Å². The summed E-state index contributed by atoms with van der Waals surface area (Å²) in [5.74, 6) is 0.348. The monoisotopic (exact) mass is 307 g/mol. The Morgan fingerprint density at radius 3 is 2.55 bits per heavy atom. The van der Waals surface area contributed by atoms with E-state index in [1.165, 1.54) is 13.2 Å². The molecule has 0 radical (unpaired) electrons. The van der Waals surface area contributed by atoms with Crippen LogP contribution in [-0.4, -0.2) is 38.7 Å². The number of methoxy groups -OCH3 is 2. The van der Waals surface area contributed by atoms with Crippen LogP contribution in [0.15, 0.2) is 24.3 Å². The van der Waals surface area contributed by atoms with Gasteiger partial charge in [-0.1, -0.05) is 6.07 Å². The molecule has 0 atom stereocenters. The fraction of sp³-hybridized carbons (Fsp3) is 0.375. The van der Waals surface area contributed by atoms with E-state index in [1.54, 1.807) is 25.3 Å². The summed E-state index contributed by atoms with van der Waals surface area (Å²) in [5.41, 5.74) is 0.779. The van der Waals surface area contributed by atoms with Gasteiger partial charge in [-0.2, -0.15) is 0 Å². The Kier molecular flexibility index (Phi) is 6.95. The zero-order valence-corrected chi connectivity index (χ0v) is 13.2. The van der Waals surface area contributed by atoms with Gasteiger partial charge in [0, 0.05) is 6.08 Å². The molecular formula is C16H21NO5. The molecule has 0 saturated carbocycles. The van der Waals surface area contributed by atoms with Gasteiger partial charge in [-0.25, -0.2) is 0 Å². The van der Waals surface area contributed by atoms with Crippen molar-refractivity contribution in [2.24, 2.45) is 0 Å². The Bertz CT molecular complexity index is 551. The smallest absolute Gasteiger partial charge is 0.325 e.